The van der Waals surface area contributed by atoms with Crippen LogP contribution >= 0.6 is 0 Å². The smallest absolute Gasteiger partial charge is 0.376 e. The summed E-state index contributed by atoms with van der Waals surface area (Å²) in [7, 11) is -5.75. The van der Waals surface area contributed by atoms with E-state index in [0.717, 1.165) is 12.1 Å². The van der Waals surface area contributed by atoms with E-state index in [4.69, 9.17) is 5.73 Å². The maximum atomic E-state index is 12.4. The molecule has 0 aliphatic carbocycles. The summed E-state index contributed by atoms with van der Waals surface area (Å²) in [5.74, 6) is -0.788. The van der Waals surface area contributed by atoms with Crippen molar-refractivity contribution in [3.05, 3.63) is 30.0 Å². The van der Waals surface area contributed by atoms with Crippen molar-refractivity contribution in [3.8, 4) is 5.75 Å². The Morgan fingerprint density at radius 3 is 2.52 bits per heavy atom. The van der Waals surface area contributed by atoms with Gasteiger partial charge in [-0.05, 0) is 36.7 Å². The molecule has 0 spiro atoms. The van der Waals surface area contributed by atoms with E-state index in [2.05, 4.69) is 4.18 Å². The van der Waals surface area contributed by atoms with Crippen molar-refractivity contribution in [1.29, 1.82) is 0 Å². The quantitative estimate of drug-likeness (QED) is 0.673. The minimum atomic E-state index is -5.75. The Bertz CT molecular complexity index is 856. The first-order valence-electron chi connectivity index (χ1n) is 6.42. The number of rotatable bonds is 4. The summed E-state index contributed by atoms with van der Waals surface area (Å²) in [6, 6.07) is 3.51. The number of hydrogen-bond acceptors (Lipinski definition) is 5. The summed E-state index contributed by atoms with van der Waals surface area (Å²) in [5, 5.41) is 0.403. The fraction of sp³-hybridized carbons (Fsp3) is 0.308. The second-order valence-electron chi connectivity index (χ2n) is 4.74. The zero-order valence-electron chi connectivity index (χ0n) is 11.9. The third kappa shape index (κ3) is 3.32. The fourth-order valence-electron chi connectivity index (χ4n) is 2.12. The fourth-order valence-corrected chi connectivity index (χ4v) is 2.57. The van der Waals surface area contributed by atoms with E-state index in [0.29, 0.717) is 22.9 Å². The Kier molecular flexibility index (Phi) is 4.40. The topological polar surface area (TPSA) is 91.4 Å². The van der Waals surface area contributed by atoms with Crippen LogP contribution in [0.15, 0.2) is 24.4 Å². The molecular formula is C13H13F3N2O4S. The molecule has 0 atom stereocenters. The third-order valence-electron chi connectivity index (χ3n) is 3.10. The van der Waals surface area contributed by atoms with Crippen molar-refractivity contribution in [2.24, 2.45) is 5.73 Å². The summed E-state index contributed by atoms with van der Waals surface area (Å²) in [4.78, 5) is 11.6. The number of hydrogen-bond donors (Lipinski definition) is 1. The molecule has 23 heavy (non-hydrogen) atoms. The van der Waals surface area contributed by atoms with Crippen molar-refractivity contribution in [1.82, 2.24) is 4.57 Å². The van der Waals surface area contributed by atoms with E-state index in [9.17, 15) is 26.4 Å². The predicted molar refractivity (Wildman–Crippen MR) is 76.6 cm³/mol. The monoisotopic (exact) mass is 350 g/mol. The number of carbonyl (C=O) groups excluding carboxylic acids is 1. The van der Waals surface area contributed by atoms with Crippen molar-refractivity contribution < 1.29 is 30.6 Å². The average molecular weight is 350 g/mol. The average Bonchev–Trinajstić information content (AvgIpc) is 2.76. The number of alkyl halides is 3. The lowest BCUT2D eigenvalue weighted by molar-refractivity contribution is -0.0500. The van der Waals surface area contributed by atoms with Gasteiger partial charge >= 0.3 is 15.6 Å². The summed E-state index contributed by atoms with van der Waals surface area (Å²) >= 11 is 0. The lowest BCUT2D eigenvalue weighted by atomic mass is 10.1. The second kappa shape index (κ2) is 5.85. The van der Waals surface area contributed by atoms with Gasteiger partial charge in [-0.15, -0.1) is 0 Å². The Labute approximate surface area is 129 Å². The van der Waals surface area contributed by atoms with Crippen LogP contribution in [0.3, 0.4) is 0 Å². The minimum Gasteiger partial charge on any atom is -0.376 e. The molecule has 0 fully saturated rings. The first-order valence-corrected chi connectivity index (χ1v) is 7.83. The SMILES string of the molecule is CC(=O)n1cc(CCN)c2cc(OS(=O)(=O)C(F)(F)F)ccc21. The highest BCUT2D eigenvalue weighted by Gasteiger charge is 2.48. The molecule has 0 radical (unpaired) electrons. The van der Waals surface area contributed by atoms with Crippen LogP contribution in [0, 0.1) is 0 Å². The largest absolute Gasteiger partial charge is 0.534 e. The minimum absolute atomic E-state index is 0.253. The molecule has 0 aliphatic heterocycles. The van der Waals surface area contributed by atoms with Gasteiger partial charge in [-0.3, -0.25) is 9.36 Å². The van der Waals surface area contributed by atoms with Crippen molar-refractivity contribution in [2.75, 3.05) is 6.54 Å². The van der Waals surface area contributed by atoms with Gasteiger partial charge in [-0.25, -0.2) is 0 Å². The molecule has 0 saturated carbocycles. The number of fused-ring (bicyclic) bond motifs is 1. The number of aromatic nitrogens is 1. The maximum absolute atomic E-state index is 12.4. The van der Waals surface area contributed by atoms with Crippen LogP contribution < -0.4 is 9.92 Å². The Morgan fingerprint density at radius 2 is 2.00 bits per heavy atom. The molecule has 1 heterocycles. The Hall–Kier alpha value is -2.07. The van der Waals surface area contributed by atoms with Gasteiger partial charge in [0.2, 0.25) is 5.91 Å². The molecule has 2 N–H and O–H groups in total. The van der Waals surface area contributed by atoms with Gasteiger partial charge in [0.25, 0.3) is 0 Å². The molecule has 6 nitrogen and oxygen atoms in total. The van der Waals surface area contributed by atoms with Gasteiger partial charge in [-0.1, -0.05) is 0 Å². The summed E-state index contributed by atoms with van der Waals surface area (Å²) in [5.41, 5.74) is 0.976. The number of nitrogens with two attached hydrogens (primary N) is 1. The number of nitrogens with zero attached hydrogens (tertiary/aromatic N) is 1. The van der Waals surface area contributed by atoms with Gasteiger partial charge in [0.15, 0.2) is 0 Å². The van der Waals surface area contributed by atoms with Gasteiger partial charge in [0, 0.05) is 18.5 Å². The molecule has 1 aromatic carbocycles. The van der Waals surface area contributed by atoms with E-state index >= 15 is 0 Å². The first-order chi connectivity index (χ1) is 10.6. The zero-order valence-corrected chi connectivity index (χ0v) is 12.7. The van der Waals surface area contributed by atoms with E-state index in [1.54, 1.807) is 0 Å². The van der Waals surface area contributed by atoms with Crippen molar-refractivity contribution in [3.63, 3.8) is 0 Å². The molecule has 0 bridgehead atoms. The summed E-state index contributed by atoms with van der Waals surface area (Å²) < 4.78 is 64.6. The molecular weight excluding hydrogens is 337 g/mol. The number of benzene rings is 1. The molecule has 2 aromatic rings. The van der Waals surface area contributed by atoms with Gasteiger partial charge in [0.1, 0.15) is 5.75 Å². The highest BCUT2D eigenvalue weighted by atomic mass is 32.2. The summed E-state index contributed by atoms with van der Waals surface area (Å²) in [6.07, 6.45) is 1.88. The normalized spacial score (nSPS) is 12.6. The maximum Gasteiger partial charge on any atom is 0.534 e. The van der Waals surface area contributed by atoms with Gasteiger partial charge in [-0.2, -0.15) is 21.6 Å². The van der Waals surface area contributed by atoms with Crippen LogP contribution in [-0.4, -0.2) is 30.9 Å². The predicted octanol–water partition coefficient (Wildman–Crippen LogP) is 2.03. The van der Waals surface area contributed by atoms with Crippen molar-refractivity contribution in [2.45, 2.75) is 18.9 Å². The zero-order chi connectivity index (χ0) is 17.4. The van der Waals surface area contributed by atoms with Crippen LogP contribution in [0.2, 0.25) is 0 Å². The van der Waals surface area contributed by atoms with Crippen molar-refractivity contribution >= 4 is 26.9 Å². The first kappa shape index (κ1) is 17.3. The third-order valence-corrected chi connectivity index (χ3v) is 4.08. The highest BCUT2D eigenvalue weighted by molar-refractivity contribution is 7.88. The molecule has 2 rings (SSSR count). The standard InChI is InChI=1S/C13H13F3N2O4S/c1-8(19)18-7-9(4-5-17)11-6-10(2-3-12(11)18)22-23(20,21)13(14,15)16/h2-3,6-7H,4-5,17H2,1H3. The van der Waals surface area contributed by atoms with E-state index in [1.807, 2.05) is 0 Å². The molecule has 0 unspecified atom stereocenters. The van der Waals surface area contributed by atoms with Crippen LogP contribution in [0.5, 0.6) is 5.75 Å². The molecule has 10 heteroatoms. The molecule has 0 aliphatic rings. The van der Waals surface area contributed by atoms with Crippen LogP contribution in [0.4, 0.5) is 13.2 Å². The lowest BCUT2D eigenvalue weighted by Crippen LogP contribution is -2.28. The molecule has 1 aromatic heterocycles. The Morgan fingerprint density at radius 1 is 1.35 bits per heavy atom. The van der Waals surface area contributed by atoms with E-state index in [-0.39, 0.29) is 12.5 Å². The molecule has 126 valence electrons. The van der Waals surface area contributed by atoms with Crippen LogP contribution in [0.1, 0.15) is 17.3 Å². The van der Waals surface area contributed by atoms with Gasteiger partial charge in [0.05, 0.1) is 5.52 Å². The molecule has 0 saturated heterocycles. The summed E-state index contributed by atoms with van der Waals surface area (Å²) in [6.45, 7) is 1.58. The molecule has 0 amide bonds. The lowest BCUT2D eigenvalue weighted by Gasteiger charge is -2.09. The van der Waals surface area contributed by atoms with E-state index in [1.165, 1.54) is 23.8 Å². The van der Waals surface area contributed by atoms with E-state index < -0.39 is 21.4 Å². The van der Waals surface area contributed by atoms with Crippen LogP contribution in [0.25, 0.3) is 10.9 Å². The number of carbonyl (C=O) groups is 1. The van der Waals surface area contributed by atoms with Crippen LogP contribution in [-0.2, 0) is 16.5 Å². The Balaban J connectivity index is 2.54. The van der Waals surface area contributed by atoms with Gasteiger partial charge < -0.3 is 9.92 Å². The highest BCUT2D eigenvalue weighted by Crippen LogP contribution is 2.30. The number of halogens is 3. The second-order valence-corrected chi connectivity index (χ2v) is 6.28.